The maximum absolute atomic E-state index is 12.5. The molecule has 3 aromatic rings. The highest BCUT2D eigenvalue weighted by molar-refractivity contribution is 5.95. The molecular formula is C22H28Cl2N4O. The van der Waals surface area contributed by atoms with Crippen molar-refractivity contribution in [1.29, 1.82) is 0 Å². The number of pyridine rings is 1. The largest absolute Gasteiger partial charge is 0.325 e. The number of halogens is 2. The average Bonchev–Trinajstić information content (AvgIpc) is 3.11. The molecule has 1 amide bonds. The van der Waals surface area contributed by atoms with Gasteiger partial charge in [0.25, 0.3) is 0 Å². The lowest BCUT2D eigenvalue weighted by molar-refractivity contribution is -0.118. The van der Waals surface area contributed by atoms with Gasteiger partial charge in [-0.3, -0.25) is 4.79 Å². The number of carbonyl (C=O) groups is 1. The Labute approximate surface area is 183 Å². The summed E-state index contributed by atoms with van der Waals surface area (Å²) in [6.45, 7) is 2.06. The molecule has 156 valence electrons. The number of amides is 1. The van der Waals surface area contributed by atoms with Crippen molar-refractivity contribution in [3.63, 3.8) is 0 Å². The minimum atomic E-state index is -0.424. The van der Waals surface area contributed by atoms with E-state index < -0.39 is 6.04 Å². The van der Waals surface area contributed by atoms with Gasteiger partial charge < -0.3 is 15.5 Å². The Kier molecular flexibility index (Phi) is 8.08. The van der Waals surface area contributed by atoms with Gasteiger partial charge in [-0.1, -0.05) is 31.4 Å². The molecular weight excluding hydrogens is 407 g/mol. The van der Waals surface area contributed by atoms with Crippen molar-refractivity contribution in [2.45, 2.75) is 45.1 Å². The van der Waals surface area contributed by atoms with Crippen molar-refractivity contribution in [1.82, 2.24) is 9.38 Å². The standard InChI is InChI=1S/C22H26N4O.2ClH/c1-15-11-12-26-14-19(25-20(26)13-15)16-7-9-18(10-8-16)24-22(27)21(23)17-5-3-2-4-6-17;;/h7-14,17,21H,2-6,23H2,1H3,(H,24,27);2*1H/t21-;;/m0../s1. The second-order valence-electron chi connectivity index (χ2n) is 7.59. The van der Waals surface area contributed by atoms with Gasteiger partial charge in [0.2, 0.25) is 5.91 Å². The van der Waals surface area contributed by atoms with Crippen LogP contribution in [-0.2, 0) is 4.79 Å². The van der Waals surface area contributed by atoms with Crippen LogP contribution in [0.5, 0.6) is 0 Å². The monoisotopic (exact) mass is 434 g/mol. The maximum atomic E-state index is 12.5. The predicted molar refractivity (Wildman–Crippen MR) is 123 cm³/mol. The number of hydrogen-bond donors (Lipinski definition) is 2. The van der Waals surface area contributed by atoms with Gasteiger partial charge in [-0.15, -0.1) is 24.8 Å². The third-order valence-electron chi connectivity index (χ3n) is 5.52. The summed E-state index contributed by atoms with van der Waals surface area (Å²) >= 11 is 0. The third kappa shape index (κ3) is 5.30. The molecule has 29 heavy (non-hydrogen) atoms. The number of nitrogens with one attached hydrogen (secondary N) is 1. The lowest BCUT2D eigenvalue weighted by Gasteiger charge is -2.26. The summed E-state index contributed by atoms with van der Waals surface area (Å²) in [5, 5.41) is 2.96. The average molecular weight is 435 g/mol. The number of aryl methyl sites for hydroxylation is 1. The fraction of sp³-hybridized carbons (Fsp3) is 0.364. The molecule has 4 rings (SSSR count). The van der Waals surface area contributed by atoms with E-state index in [0.29, 0.717) is 5.92 Å². The normalized spacial score (nSPS) is 15.2. The molecule has 0 aliphatic heterocycles. The molecule has 0 spiro atoms. The molecule has 1 aliphatic carbocycles. The Morgan fingerprint density at radius 3 is 2.52 bits per heavy atom. The zero-order valence-corrected chi connectivity index (χ0v) is 18.1. The molecule has 1 fully saturated rings. The Balaban J connectivity index is 0.00000150. The quantitative estimate of drug-likeness (QED) is 0.606. The van der Waals surface area contributed by atoms with Gasteiger partial charge >= 0.3 is 0 Å². The number of carbonyl (C=O) groups excluding carboxylic acids is 1. The summed E-state index contributed by atoms with van der Waals surface area (Å²) in [5.41, 5.74) is 11.0. The van der Waals surface area contributed by atoms with E-state index in [2.05, 4.69) is 29.4 Å². The maximum Gasteiger partial charge on any atom is 0.241 e. The van der Waals surface area contributed by atoms with Gasteiger partial charge in [-0.05, 0) is 55.5 Å². The molecule has 2 aromatic heterocycles. The first kappa shape index (κ1) is 23.2. The number of benzene rings is 1. The summed E-state index contributed by atoms with van der Waals surface area (Å²) in [5.74, 6) is 0.220. The van der Waals surface area contributed by atoms with E-state index >= 15 is 0 Å². The highest BCUT2D eigenvalue weighted by Crippen LogP contribution is 2.27. The van der Waals surface area contributed by atoms with Crippen molar-refractivity contribution in [2.24, 2.45) is 11.7 Å². The van der Waals surface area contributed by atoms with E-state index in [-0.39, 0.29) is 30.7 Å². The molecule has 0 bridgehead atoms. The lowest BCUT2D eigenvalue weighted by atomic mass is 9.84. The van der Waals surface area contributed by atoms with Crippen LogP contribution >= 0.6 is 24.8 Å². The van der Waals surface area contributed by atoms with Crippen molar-refractivity contribution in [2.75, 3.05) is 5.32 Å². The van der Waals surface area contributed by atoms with Crippen LogP contribution < -0.4 is 11.1 Å². The van der Waals surface area contributed by atoms with Crippen LogP contribution in [-0.4, -0.2) is 21.3 Å². The molecule has 7 heteroatoms. The summed E-state index contributed by atoms with van der Waals surface area (Å²) in [6.07, 6.45) is 9.76. The van der Waals surface area contributed by atoms with Gasteiger partial charge in [0.1, 0.15) is 5.65 Å². The smallest absolute Gasteiger partial charge is 0.241 e. The number of hydrogen-bond acceptors (Lipinski definition) is 3. The Morgan fingerprint density at radius 2 is 1.83 bits per heavy atom. The highest BCUT2D eigenvalue weighted by atomic mass is 35.5. The third-order valence-corrected chi connectivity index (χ3v) is 5.52. The number of nitrogens with zero attached hydrogens (tertiary/aromatic N) is 2. The first-order valence-electron chi connectivity index (χ1n) is 9.72. The molecule has 0 saturated heterocycles. The van der Waals surface area contributed by atoms with Crippen molar-refractivity contribution in [3.05, 3.63) is 54.4 Å². The van der Waals surface area contributed by atoms with Crippen LogP contribution in [0.4, 0.5) is 5.69 Å². The molecule has 0 unspecified atom stereocenters. The van der Waals surface area contributed by atoms with Crippen LogP contribution in [0.15, 0.2) is 48.8 Å². The number of anilines is 1. The second-order valence-corrected chi connectivity index (χ2v) is 7.59. The van der Waals surface area contributed by atoms with Crippen LogP contribution in [0.25, 0.3) is 16.9 Å². The molecule has 1 aliphatic rings. The molecule has 1 saturated carbocycles. The Hall–Kier alpha value is -2.08. The molecule has 3 N–H and O–H groups in total. The summed E-state index contributed by atoms with van der Waals surface area (Å²) in [7, 11) is 0. The Morgan fingerprint density at radius 1 is 1.14 bits per heavy atom. The first-order valence-corrected chi connectivity index (χ1v) is 9.72. The van der Waals surface area contributed by atoms with Gasteiger partial charge in [-0.25, -0.2) is 4.98 Å². The fourth-order valence-electron chi connectivity index (χ4n) is 3.88. The van der Waals surface area contributed by atoms with E-state index in [4.69, 9.17) is 5.73 Å². The Bertz CT molecular complexity index is 949. The van der Waals surface area contributed by atoms with Crippen LogP contribution in [0.3, 0.4) is 0 Å². The first-order chi connectivity index (χ1) is 13.1. The molecule has 1 aromatic carbocycles. The van der Waals surface area contributed by atoms with E-state index in [1.807, 2.05) is 41.1 Å². The van der Waals surface area contributed by atoms with E-state index in [0.717, 1.165) is 35.4 Å². The van der Waals surface area contributed by atoms with Crippen molar-refractivity contribution in [3.8, 4) is 11.3 Å². The summed E-state index contributed by atoms with van der Waals surface area (Å²) < 4.78 is 2.02. The van der Waals surface area contributed by atoms with E-state index in [9.17, 15) is 4.79 Å². The number of imidazole rings is 1. The molecule has 1 atom stereocenters. The SMILES string of the molecule is Cc1ccn2cc(-c3ccc(NC(=O)[C@@H](N)C4CCCCC4)cc3)nc2c1.Cl.Cl. The van der Waals surface area contributed by atoms with Crippen molar-refractivity contribution >= 4 is 42.1 Å². The summed E-state index contributed by atoms with van der Waals surface area (Å²) in [6, 6.07) is 11.5. The van der Waals surface area contributed by atoms with Gasteiger partial charge in [0, 0.05) is 23.6 Å². The van der Waals surface area contributed by atoms with Gasteiger partial charge in [0.15, 0.2) is 0 Å². The van der Waals surface area contributed by atoms with Gasteiger partial charge in [0.05, 0.1) is 11.7 Å². The molecule has 5 nitrogen and oxygen atoms in total. The van der Waals surface area contributed by atoms with Crippen molar-refractivity contribution < 1.29 is 4.79 Å². The zero-order valence-electron chi connectivity index (χ0n) is 16.5. The highest BCUT2D eigenvalue weighted by Gasteiger charge is 2.26. The zero-order chi connectivity index (χ0) is 18.8. The second kappa shape index (κ2) is 10.1. The minimum Gasteiger partial charge on any atom is -0.325 e. The van der Waals surface area contributed by atoms with Crippen LogP contribution in [0.1, 0.15) is 37.7 Å². The number of nitrogens with two attached hydrogens (primary N) is 1. The number of fused-ring (bicyclic) bond motifs is 1. The van der Waals surface area contributed by atoms with Crippen LogP contribution in [0.2, 0.25) is 0 Å². The predicted octanol–water partition coefficient (Wildman–Crippen LogP) is 5.00. The topological polar surface area (TPSA) is 72.4 Å². The molecule has 0 radical (unpaired) electrons. The van der Waals surface area contributed by atoms with Gasteiger partial charge in [-0.2, -0.15) is 0 Å². The minimum absolute atomic E-state index is 0. The fourth-order valence-corrected chi connectivity index (χ4v) is 3.88. The number of aromatic nitrogens is 2. The van der Waals surface area contributed by atoms with Crippen LogP contribution in [0, 0.1) is 12.8 Å². The van der Waals surface area contributed by atoms with E-state index in [1.54, 1.807) is 0 Å². The van der Waals surface area contributed by atoms with E-state index in [1.165, 1.54) is 24.8 Å². The number of rotatable bonds is 4. The lowest BCUT2D eigenvalue weighted by Crippen LogP contribution is -2.42. The summed E-state index contributed by atoms with van der Waals surface area (Å²) in [4.78, 5) is 17.1. The molecule has 2 heterocycles.